The number of rotatable bonds is 4. The fraction of sp³-hybridized carbons (Fsp3) is 0.500. The molecule has 1 saturated heterocycles. The van der Waals surface area contributed by atoms with Gasteiger partial charge in [-0.15, -0.1) is 0 Å². The number of hydrogen-bond donors (Lipinski definition) is 2. The van der Waals surface area contributed by atoms with E-state index in [2.05, 4.69) is 4.72 Å². The zero-order valence-corrected chi connectivity index (χ0v) is 11.2. The van der Waals surface area contributed by atoms with Gasteiger partial charge in [-0.3, -0.25) is 0 Å². The van der Waals surface area contributed by atoms with Crippen LogP contribution in [0.5, 0.6) is 0 Å². The molecule has 0 bridgehead atoms. The molecule has 5 nitrogen and oxygen atoms in total. The van der Waals surface area contributed by atoms with Gasteiger partial charge in [-0.25, -0.2) is 17.5 Å². The van der Waals surface area contributed by atoms with E-state index in [0.29, 0.717) is 6.61 Å². The number of nitrogens with one attached hydrogen (secondary N) is 1. The predicted molar refractivity (Wildman–Crippen MR) is 69.6 cm³/mol. The van der Waals surface area contributed by atoms with Gasteiger partial charge in [0.05, 0.1) is 6.10 Å². The zero-order chi connectivity index (χ0) is 13.9. The molecule has 1 aliphatic heterocycles. The molecular weight excluding hydrogens is 271 g/mol. The number of nitrogen functional groups attached to an aromatic ring is 1. The standard InChI is InChI=1S/C12H17FN2O3S/c13-11-7-9(14)4-5-12(11)19(16,17)15-8-10-3-1-2-6-18-10/h4-5,7,10,15H,1-3,6,8,14H2. The van der Waals surface area contributed by atoms with Crippen molar-refractivity contribution < 1.29 is 17.5 Å². The van der Waals surface area contributed by atoms with Gasteiger partial charge in [-0.2, -0.15) is 0 Å². The van der Waals surface area contributed by atoms with E-state index in [4.69, 9.17) is 10.5 Å². The monoisotopic (exact) mass is 288 g/mol. The quantitative estimate of drug-likeness (QED) is 0.817. The first kappa shape index (κ1) is 14.2. The first-order valence-corrected chi connectivity index (χ1v) is 7.63. The number of halogens is 1. The van der Waals surface area contributed by atoms with E-state index in [1.807, 2.05) is 0 Å². The summed E-state index contributed by atoms with van der Waals surface area (Å²) in [5.41, 5.74) is 5.57. The van der Waals surface area contributed by atoms with E-state index in [-0.39, 0.29) is 18.3 Å². The van der Waals surface area contributed by atoms with Gasteiger partial charge in [0, 0.05) is 18.8 Å². The average Bonchev–Trinajstić information content (AvgIpc) is 2.37. The third-order valence-corrected chi connectivity index (χ3v) is 4.48. The van der Waals surface area contributed by atoms with Gasteiger partial charge in [0.15, 0.2) is 0 Å². The molecule has 0 amide bonds. The molecule has 1 fully saturated rings. The van der Waals surface area contributed by atoms with E-state index in [1.54, 1.807) is 0 Å². The van der Waals surface area contributed by atoms with Crippen LogP contribution in [0.4, 0.5) is 10.1 Å². The summed E-state index contributed by atoms with van der Waals surface area (Å²) in [5.74, 6) is -0.850. The van der Waals surface area contributed by atoms with Gasteiger partial charge in [0.1, 0.15) is 10.7 Å². The molecule has 2 rings (SSSR count). The highest BCUT2D eigenvalue weighted by Crippen LogP contribution is 2.18. The summed E-state index contributed by atoms with van der Waals surface area (Å²) in [6, 6.07) is 3.51. The molecule has 1 aliphatic rings. The maximum atomic E-state index is 13.6. The largest absolute Gasteiger partial charge is 0.399 e. The normalized spacial score (nSPS) is 20.4. The molecule has 0 radical (unpaired) electrons. The molecule has 106 valence electrons. The third kappa shape index (κ3) is 3.65. The molecule has 3 N–H and O–H groups in total. The third-order valence-electron chi connectivity index (χ3n) is 3.02. The van der Waals surface area contributed by atoms with Crippen LogP contribution >= 0.6 is 0 Å². The van der Waals surface area contributed by atoms with Crippen molar-refractivity contribution in [2.45, 2.75) is 30.3 Å². The Kier molecular flexibility index (Phi) is 4.38. The molecule has 1 atom stereocenters. The molecule has 1 unspecified atom stereocenters. The van der Waals surface area contributed by atoms with E-state index < -0.39 is 20.7 Å². The number of nitrogens with two attached hydrogens (primary N) is 1. The van der Waals surface area contributed by atoms with Crippen LogP contribution in [0.3, 0.4) is 0 Å². The van der Waals surface area contributed by atoms with Crippen LogP contribution in [0, 0.1) is 5.82 Å². The first-order valence-electron chi connectivity index (χ1n) is 6.15. The van der Waals surface area contributed by atoms with Crippen LogP contribution in [0.15, 0.2) is 23.1 Å². The van der Waals surface area contributed by atoms with Crippen molar-refractivity contribution >= 4 is 15.7 Å². The maximum absolute atomic E-state index is 13.6. The highest BCUT2D eigenvalue weighted by atomic mass is 32.2. The van der Waals surface area contributed by atoms with E-state index in [0.717, 1.165) is 31.4 Å². The van der Waals surface area contributed by atoms with Crippen molar-refractivity contribution in [3.63, 3.8) is 0 Å². The van der Waals surface area contributed by atoms with Crippen molar-refractivity contribution in [1.82, 2.24) is 4.72 Å². The first-order chi connectivity index (χ1) is 8.99. The number of benzene rings is 1. The summed E-state index contributed by atoms with van der Waals surface area (Å²) >= 11 is 0. The lowest BCUT2D eigenvalue weighted by atomic mass is 10.1. The molecule has 0 aliphatic carbocycles. The lowest BCUT2D eigenvalue weighted by molar-refractivity contribution is 0.0200. The second kappa shape index (κ2) is 5.85. The summed E-state index contributed by atoms with van der Waals surface area (Å²) in [4.78, 5) is -0.391. The Labute approximate surface area is 112 Å². The SMILES string of the molecule is Nc1ccc(S(=O)(=O)NCC2CCCCO2)c(F)c1. The second-order valence-corrected chi connectivity index (χ2v) is 6.27. The van der Waals surface area contributed by atoms with E-state index >= 15 is 0 Å². The Hall–Kier alpha value is -1.18. The Balaban J connectivity index is 2.05. The molecule has 7 heteroatoms. The van der Waals surface area contributed by atoms with Gasteiger partial charge in [0.25, 0.3) is 0 Å². The highest BCUT2D eigenvalue weighted by Gasteiger charge is 2.22. The number of ether oxygens (including phenoxy) is 1. The van der Waals surface area contributed by atoms with Crippen molar-refractivity contribution in [1.29, 1.82) is 0 Å². The Morgan fingerprint density at radius 3 is 2.84 bits per heavy atom. The maximum Gasteiger partial charge on any atom is 0.243 e. The smallest absolute Gasteiger partial charge is 0.243 e. The Morgan fingerprint density at radius 1 is 1.42 bits per heavy atom. The highest BCUT2D eigenvalue weighted by molar-refractivity contribution is 7.89. The fourth-order valence-corrected chi connectivity index (χ4v) is 3.11. The molecule has 1 aromatic rings. The minimum atomic E-state index is -3.87. The number of hydrogen-bond acceptors (Lipinski definition) is 4. The molecule has 1 aromatic carbocycles. The van der Waals surface area contributed by atoms with E-state index in [1.165, 1.54) is 6.07 Å². The van der Waals surface area contributed by atoms with Crippen LogP contribution in [-0.2, 0) is 14.8 Å². The molecular formula is C12H17FN2O3S. The average molecular weight is 288 g/mol. The zero-order valence-electron chi connectivity index (χ0n) is 10.4. The van der Waals surface area contributed by atoms with Crippen LogP contribution in [0.1, 0.15) is 19.3 Å². The van der Waals surface area contributed by atoms with Crippen molar-refractivity contribution in [3.8, 4) is 0 Å². The number of sulfonamides is 1. The van der Waals surface area contributed by atoms with Crippen molar-refractivity contribution in [2.24, 2.45) is 0 Å². The minimum Gasteiger partial charge on any atom is -0.399 e. The van der Waals surface area contributed by atoms with Crippen LogP contribution < -0.4 is 10.5 Å². The number of anilines is 1. The summed E-state index contributed by atoms with van der Waals surface area (Å²) in [5, 5.41) is 0. The van der Waals surface area contributed by atoms with Crippen LogP contribution in [0.2, 0.25) is 0 Å². The summed E-state index contributed by atoms with van der Waals surface area (Å²) in [6.45, 7) is 0.800. The van der Waals surface area contributed by atoms with E-state index in [9.17, 15) is 12.8 Å². The predicted octanol–water partition coefficient (Wildman–Crippen LogP) is 1.26. The molecule has 0 spiro atoms. The molecule has 1 heterocycles. The van der Waals surface area contributed by atoms with Gasteiger partial charge < -0.3 is 10.5 Å². The Bertz CT molecular complexity index is 542. The van der Waals surface area contributed by atoms with Gasteiger partial charge >= 0.3 is 0 Å². The lowest BCUT2D eigenvalue weighted by Gasteiger charge is -2.22. The fourth-order valence-electron chi connectivity index (χ4n) is 1.98. The van der Waals surface area contributed by atoms with Crippen molar-refractivity contribution in [3.05, 3.63) is 24.0 Å². The second-order valence-electron chi connectivity index (χ2n) is 4.53. The molecule has 19 heavy (non-hydrogen) atoms. The lowest BCUT2D eigenvalue weighted by Crippen LogP contribution is -2.35. The molecule has 0 saturated carbocycles. The summed E-state index contributed by atoms with van der Waals surface area (Å²) in [6.07, 6.45) is 2.69. The van der Waals surface area contributed by atoms with Gasteiger partial charge in [-0.1, -0.05) is 0 Å². The van der Waals surface area contributed by atoms with Gasteiger partial charge in [-0.05, 0) is 37.5 Å². The van der Waals surface area contributed by atoms with Crippen molar-refractivity contribution in [2.75, 3.05) is 18.9 Å². The minimum absolute atomic E-state index is 0.139. The molecule has 0 aromatic heterocycles. The Morgan fingerprint density at radius 2 is 2.21 bits per heavy atom. The van der Waals surface area contributed by atoms with Crippen LogP contribution in [0.25, 0.3) is 0 Å². The van der Waals surface area contributed by atoms with Crippen LogP contribution in [-0.4, -0.2) is 27.7 Å². The summed E-state index contributed by atoms with van der Waals surface area (Å²) < 4.78 is 45.3. The van der Waals surface area contributed by atoms with Gasteiger partial charge in [0.2, 0.25) is 10.0 Å². The summed E-state index contributed by atoms with van der Waals surface area (Å²) in [7, 11) is -3.87. The topological polar surface area (TPSA) is 81.4 Å².